The third-order valence-corrected chi connectivity index (χ3v) is 3.56. The molecule has 0 aromatic carbocycles. The average Bonchev–Trinajstić information content (AvgIpc) is 2.57. The van der Waals surface area contributed by atoms with Gasteiger partial charge in [-0.15, -0.1) is 11.3 Å². The first-order chi connectivity index (χ1) is 8.10. The van der Waals surface area contributed by atoms with Gasteiger partial charge in [-0.05, 0) is 26.3 Å². The molecule has 1 N–H and O–H groups in total. The van der Waals surface area contributed by atoms with Gasteiger partial charge in [0, 0.05) is 27.1 Å². The van der Waals surface area contributed by atoms with E-state index in [0.29, 0.717) is 5.82 Å². The second-order valence-electron chi connectivity index (χ2n) is 4.16. The van der Waals surface area contributed by atoms with Crippen molar-refractivity contribution in [2.75, 3.05) is 0 Å². The molecule has 4 heteroatoms. The lowest BCUT2D eigenvalue weighted by atomic mass is 10.2. The average molecular weight is 248 g/mol. The molecule has 0 spiro atoms. The minimum absolute atomic E-state index is 0.0679. The van der Waals surface area contributed by atoms with Crippen LogP contribution in [0, 0.1) is 13.8 Å². The van der Waals surface area contributed by atoms with Gasteiger partial charge >= 0.3 is 0 Å². The fraction of sp³-hybridized carbons (Fsp3) is 0.385. The van der Waals surface area contributed by atoms with Crippen molar-refractivity contribution in [3.63, 3.8) is 0 Å². The number of rotatable bonds is 3. The number of aromatic nitrogens is 2. The Morgan fingerprint density at radius 1 is 1.35 bits per heavy atom. The van der Waals surface area contributed by atoms with Gasteiger partial charge in [-0.25, -0.2) is 4.98 Å². The quantitative estimate of drug-likeness (QED) is 0.907. The fourth-order valence-corrected chi connectivity index (χ4v) is 2.81. The van der Waals surface area contributed by atoms with Gasteiger partial charge in [0.2, 0.25) is 0 Å². The van der Waals surface area contributed by atoms with Crippen molar-refractivity contribution in [2.45, 2.75) is 33.6 Å². The van der Waals surface area contributed by atoms with Crippen molar-refractivity contribution in [3.8, 4) is 11.4 Å². The van der Waals surface area contributed by atoms with Crippen LogP contribution in [0.2, 0.25) is 0 Å². The van der Waals surface area contributed by atoms with Crippen LogP contribution < -0.4 is 5.56 Å². The predicted octanol–water partition coefficient (Wildman–Crippen LogP) is 3.07. The van der Waals surface area contributed by atoms with Crippen LogP contribution in [0.3, 0.4) is 0 Å². The molecular formula is C13H16N2OS. The second-order valence-corrected chi connectivity index (χ2v) is 5.62. The number of aryl methyl sites for hydroxylation is 3. The van der Waals surface area contributed by atoms with Crippen molar-refractivity contribution < 1.29 is 0 Å². The Morgan fingerprint density at radius 2 is 2.12 bits per heavy atom. The number of hydrogen-bond acceptors (Lipinski definition) is 3. The van der Waals surface area contributed by atoms with Crippen molar-refractivity contribution >= 4 is 11.3 Å². The zero-order chi connectivity index (χ0) is 12.4. The summed E-state index contributed by atoms with van der Waals surface area (Å²) in [5, 5.41) is 0. The van der Waals surface area contributed by atoms with Gasteiger partial charge in [-0.3, -0.25) is 4.79 Å². The van der Waals surface area contributed by atoms with Gasteiger partial charge in [0.15, 0.2) is 0 Å². The lowest BCUT2D eigenvalue weighted by Gasteiger charge is -2.02. The summed E-state index contributed by atoms with van der Waals surface area (Å²) in [6, 6.07) is 3.66. The predicted molar refractivity (Wildman–Crippen MR) is 71.6 cm³/mol. The molecule has 0 bridgehead atoms. The van der Waals surface area contributed by atoms with Gasteiger partial charge in [-0.1, -0.05) is 13.3 Å². The molecule has 2 heterocycles. The van der Waals surface area contributed by atoms with Crippen molar-refractivity contribution in [2.24, 2.45) is 0 Å². The summed E-state index contributed by atoms with van der Waals surface area (Å²) >= 11 is 1.73. The van der Waals surface area contributed by atoms with Crippen molar-refractivity contribution in [3.05, 3.63) is 37.9 Å². The van der Waals surface area contributed by atoms with E-state index in [1.165, 1.54) is 9.75 Å². The molecule has 0 saturated heterocycles. The van der Waals surface area contributed by atoms with E-state index in [1.807, 2.05) is 0 Å². The Balaban J connectivity index is 2.51. The van der Waals surface area contributed by atoms with E-state index in [-0.39, 0.29) is 5.56 Å². The lowest BCUT2D eigenvalue weighted by Crippen LogP contribution is -2.10. The number of aromatic amines is 1. The first-order valence-corrected chi connectivity index (χ1v) is 6.59. The molecule has 0 saturated carbocycles. The van der Waals surface area contributed by atoms with Crippen LogP contribution in [0.15, 0.2) is 16.9 Å². The SMILES string of the molecule is CCCc1cc(=O)[nH]c(-c2cc(C)sc2C)n1. The Hall–Kier alpha value is -1.42. The zero-order valence-corrected chi connectivity index (χ0v) is 11.1. The molecule has 90 valence electrons. The third-order valence-electron chi connectivity index (χ3n) is 2.60. The minimum atomic E-state index is -0.0679. The number of nitrogens with one attached hydrogen (secondary N) is 1. The van der Waals surface area contributed by atoms with Crippen molar-refractivity contribution in [1.82, 2.24) is 9.97 Å². The standard InChI is InChI=1S/C13H16N2OS/c1-4-5-10-7-12(16)15-13(14-10)11-6-8(2)17-9(11)3/h6-7H,4-5H2,1-3H3,(H,14,15,16). The van der Waals surface area contributed by atoms with Gasteiger partial charge in [0.1, 0.15) is 5.82 Å². The fourth-order valence-electron chi connectivity index (χ4n) is 1.89. The van der Waals surface area contributed by atoms with E-state index in [9.17, 15) is 4.79 Å². The summed E-state index contributed by atoms with van der Waals surface area (Å²) in [6.07, 6.45) is 1.84. The zero-order valence-electron chi connectivity index (χ0n) is 10.3. The highest BCUT2D eigenvalue weighted by Crippen LogP contribution is 2.27. The molecule has 0 radical (unpaired) electrons. The summed E-state index contributed by atoms with van der Waals surface area (Å²) in [6.45, 7) is 6.21. The van der Waals surface area contributed by atoms with Crippen LogP contribution in [0.5, 0.6) is 0 Å². The monoisotopic (exact) mass is 248 g/mol. The number of hydrogen-bond donors (Lipinski definition) is 1. The van der Waals surface area contributed by atoms with Crippen LogP contribution in [-0.4, -0.2) is 9.97 Å². The Bertz CT molecular complexity index is 583. The first-order valence-electron chi connectivity index (χ1n) is 5.77. The van der Waals surface area contributed by atoms with E-state index in [1.54, 1.807) is 17.4 Å². The molecule has 0 aliphatic rings. The molecule has 0 aliphatic heterocycles. The van der Waals surface area contributed by atoms with E-state index in [2.05, 4.69) is 36.8 Å². The van der Waals surface area contributed by atoms with Gasteiger partial charge in [-0.2, -0.15) is 0 Å². The van der Waals surface area contributed by atoms with Gasteiger partial charge in [0.25, 0.3) is 5.56 Å². The topological polar surface area (TPSA) is 45.8 Å². The van der Waals surface area contributed by atoms with E-state index in [4.69, 9.17) is 0 Å². The van der Waals surface area contributed by atoms with E-state index >= 15 is 0 Å². The molecule has 2 aromatic rings. The maximum absolute atomic E-state index is 11.6. The molecule has 0 atom stereocenters. The number of H-pyrrole nitrogens is 1. The van der Waals surface area contributed by atoms with Crippen LogP contribution >= 0.6 is 11.3 Å². The Kier molecular flexibility index (Phi) is 3.43. The van der Waals surface area contributed by atoms with Gasteiger partial charge < -0.3 is 4.98 Å². The highest BCUT2D eigenvalue weighted by atomic mass is 32.1. The minimum Gasteiger partial charge on any atom is -0.306 e. The molecule has 2 rings (SSSR count). The summed E-state index contributed by atoms with van der Waals surface area (Å²) in [5.74, 6) is 0.697. The summed E-state index contributed by atoms with van der Waals surface area (Å²) in [5.41, 5.74) is 1.85. The molecule has 0 amide bonds. The molecule has 0 aliphatic carbocycles. The van der Waals surface area contributed by atoms with Crippen LogP contribution in [0.1, 0.15) is 28.8 Å². The highest BCUT2D eigenvalue weighted by Gasteiger charge is 2.09. The Morgan fingerprint density at radius 3 is 2.71 bits per heavy atom. The summed E-state index contributed by atoms with van der Waals surface area (Å²) < 4.78 is 0. The molecule has 0 unspecified atom stereocenters. The smallest absolute Gasteiger partial charge is 0.251 e. The van der Waals surface area contributed by atoms with Crippen molar-refractivity contribution in [1.29, 1.82) is 0 Å². The molecule has 0 fully saturated rings. The maximum atomic E-state index is 11.6. The molecular weight excluding hydrogens is 232 g/mol. The van der Waals surface area contributed by atoms with Crippen LogP contribution in [0.25, 0.3) is 11.4 Å². The lowest BCUT2D eigenvalue weighted by molar-refractivity contribution is 0.869. The largest absolute Gasteiger partial charge is 0.306 e. The van der Waals surface area contributed by atoms with Crippen LogP contribution in [0.4, 0.5) is 0 Å². The summed E-state index contributed by atoms with van der Waals surface area (Å²) in [7, 11) is 0. The summed E-state index contributed by atoms with van der Waals surface area (Å²) in [4.78, 5) is 21.4. The van der Waals surface area contributed by atoms with E-state index in [0.717, 1.165) is 24.1 Å². The molecule has 3 nitrogen and oxygen atoms in total. The first kappa shape index (κ1) is 12.0. The third kappa shape index (κ3) is 2.64. The number of nitrogens with zero attached hydrogens (tertiary/aromatic N) is 1. The van der Waals surface area contributed by atoms with Gasteiger partial charge in [0.05, 0.1) is 0 Å². The highest BCUT2D eigenvalue weighted by molar-refractivity contribution is 7.12. The molecule has 17 heavy (non-hydrogen) atoms. The second kappa shape index (κ2) is 4.84. The Labute approximate surface area is 105 Å². The number of thiophene rings is 1. The van der Waals surface area contributed by atoms with Crippen LogP contribution in [-0.2, 0) is 6.42 Å². The normalized spacial score (nSPS) is 10.8. The van der Waals surface area contributed by atoms with E-state index < -0.39 is 0 Å². The maximum Gasteiger partial charge on any atom is 0.251 e. The molecule has 2 aromatic heterocycles.